The highest BCUT2D eigenvalue weighted by molar-refractivity contribution is 8.00. The fraction of sp³-hybridized carbons (Fsp3) is 0.400. The summed E-state index contributed by atoms with van der Waals surface area (Å²) in [5.74, 6) is 0.432. The highest BCUT2D eigenvalue weighted by Gasteiger charge is 2.44. The van der Waals surface area contributed by atoms with E-state index in [9.17, 15) is 19.5 Å². The fourth-order valence-corrected chi connectivity index (χ4v) is 4.85. The van der Waals surface area contributed by atoms with Crippen LogP contribution in [-0.4, -0.2) is 63.6 Å². The number of hydrogen-bond acceptors (Lipinski definition) is 6. The molecular formula is C25H30N2O5S. The van der Waals surface area contributed by atoms with Gasteiger partial charge in [-0.2, -0.15) is 11.8 Å². The topological polar surface area (TPSA) is 87.1 Å². The third kappa shape index (κ3) is 7.07. The van der Waals surface area contributed by atoms with E-state index in [4.69, 9.17) is 0 Å². The highest BCUT2D eigenvalue weighted by atomic mass is 32.2. The molecule has 0 bridgehead atoms. The summed E-state index contributed by atoms with van der Waals surface area (Å²) in [4.78, 5) is 39.8. The first-order chi connectivity index (χ1) is 16.0. The molecule has 0 aromatic heterocycles. The molecule has 0 spiro atoms. The first kappa shape index (κ1) is 24.8. The summed E-state index contributed by atoms with van der Waals surface area (Å²) >= 11 is 1.41. The fourth-order valence-electron chi connectivity index (χ4n) is 3.77. The molecule has 176 valence electrons. The van der Waals surface area contributed by atoms with Crippen LogP contribution in [0.4, 0.5) is 4.79 Å². The number of rotatable bonds is 12. The molecule has 8 heteroatoms. The smallest absolute Gasteiger partial charge is 0.323 e. The minimum Gasteiger partial charge on any atom is -0.469 e. The Morgan fingerprint density at radius 3 is 2.09 bits per heavy atom. The summed E-state index contributed by atoms with van der Waals surface area (Å²) in [7, 11) is 1.33. The zero-order valence-corrected chi connectivity index (χ0v) is 19.6. The second kappa shape index (κ2) is 12.4. The number of Topliss-reactive ketones (excluding diaryl/α,β-unsaturated/α-hetero) is 1. The molecule has 1 N–H and O–H groups in total. The van der Waals surface area contributed by atoms with Gasteiger partial charge in [-0.3, -0.25) is 14.5 Å². The maximum atomic E-state index is 13.2. The van der Waals surface area contributed by atoms with Crippen molar-refractivity contribution in [2.75, 3.05) is 18.6 Å². The average molecular weight is 471 g/mol. The molecule has 7 nitrogen and oxygen atoms in total. The van der Waals surface area contributed by atoms with Crippen LogP contribution in [0.15, 0.2) is 60.7 Å². The normalized spacial score (nSPS) is 17.9. The van der Waals surface area contributed by atoms with Gasteiger partial charge in [0.25, 0.3) is 0 Å². The lowest BCUT2D eigenvalue weighted by molar-refractivity contribution is -0.140. The number of amides is 2. The van der Waals surface area contributed by atoms with Crippen LogP contribution in [0.2, 0.25) is 0 Å². The number of carbonyl (C=O) groups is 3. The molecule has 1 aliphatic heterocycles. The standard InChI is InChI=1S/C25H30N2O5S/c1-32-23(29)14-8-13-21(28)17-33-18-22-24(30)27(16-20-11-6-3-7-12-20)25(31)26(22)15-19-9-4-2-5-10-19/h2-7,9-12,22,24,30H,8,13-18H2,1H3/t22-,24?/m0/s1. The van der Waals surface area contributed by atoms with Gasteiger partial charge in [-0.25, -0.2) is 4.79 Å². The molecule has 2 aromatic carbocycles. The zero-order valence-electron chi connectivity index (χ0n) is 18.8. The van der Waals surface area contributed by atoms with E-state index in [-0.39, 0.29) is 30.0 Å². The molecule has 2 atom stereocenters. The monoisotopic (exact) mass is 470 g/mol. The molecule has 1 unspecified atom stereocenters. The molecule has 2 amide bonds. The Balaban J connectivity index is 1.62. The van der Waals surface area contributed by atoms with Crippen molar-refractivity contribution >= 4 is 29.5 Å². The number of thioether (sulfide) groups is 1. The van der Waals surface area contributed by atoms with Crippen molar-refractivity contribution in [3.05, 3.63) is 71.8 Å². The maximum Gasteiger partial charge on any atom is 0.323 e. The number of methoxy groups -OCH3 is 1. The Morgan fingerprint density at radius 2 is 1.52 bits per heavy atom. The van der Waals surface area contributed by atoms with Crippen LogP contribution in [0.1, 0.15) is 30.4 Å². The van der Waals surface area contributed by atoms with Gasteiger partial charge in [0.05, 0.1) is 25.4 Å². The second-order valence-electron chi connectivity index (χ2n) is 7.97. The number of esters is 1. The Bertz CT molecular complexity index is 925. The first-order valence-corrected chi connectivity index (χ1v) is 12.1. The van der Waals surface area contributed by atoms with Gasteiger partial charge >= 0.3 is 12.0 Å². The quantitative estimate of drug-likeness (QED) is 0.478. The van der Waals surface area contributed by atoms with Gasteiger partial charge in [0, 0.05) is 25.1 Å². The van der Waals surface area contributed by atoms with E-state index in [1.165, 1.54) is 23.8 Å². The van der Waals surface area contributed by atoms with E-state index in [0.717, 1.165) is 11.1 Å². The molecule has 0 radical (unpaired) electrons. The van der Waals surface area contributed by atoms with Gasteiger partial charge in [0.2, 0.25) is 0 Å². The van der Waals surface area contributed by atoms with E-state index < -0.39 is 12.3 Å². The van der Waals surface area contributed by atoms with Crippen molar-refractivity contribution in [3.63, 3.8) is 0 Å². The number of hydrogen-bond donors (Lipinski definition) is 1. The van der Waals surface area contributed by atoms with Crippen molar-refractivity contribution in [2.24, 2.45) is 0 Å². The average Bonchev–Trinajstić information content (AvgIpc) is 3.04. The van der Waals surface area contributed by atoms with E-state index in [0.29, 0.717) is 31.7 Å². The summed E-state index contributed by atoms with van der Waals surface area (Å²) in [6, 6.07) is 18.6. The van der Waals surface area contributed by atoms with Crippen LogP contribution in [0.5, 0.6) is 0 Å². The minimum absolute atomic E-state index is 0.0402. The number of aliphatic hydroxyl groups excluding tert-OH is 1. The third-order valence-electron chi connectivity index (χ3n) is 5.56. The summed E-state index contributed by atoms with van der Waals surface area (Å²) in [5.41, 5.74) is 1.92. The van der Waals surface area contributed by atoms with Crippen molar-refractivity contribution in [2.45, 2.75) is 44.6 Å². The van der Waals surface area contributed by atoms with E-state index in [1.54, 1.807) is 4.90 Å². The lowest BCUT2D eigenvalue weighted by Gasteiger charge is -2.24. The van der Waals surface area contributed by atoms with Crippen LogP contribution in [0.25, 0.3) is 0 Å². The van der Waals surface area contributed by atoms with E-state index in [1.807, 2.05) is 60.7 Å². The minimum atomic E-state index is -0.969. The number of urea groups is 1. The summed E-state index contributed by atoms with van der Waals surface area (Å²) in [5, 5.41) is 11.0. The molecule has 1 fully saturated rings. The summed E-state index contributed by atoms with van der Waals surface area (Å²) in [6.07, 6.45) is 0.0227. The molecule has 1 heterocycles. The van der Waals surface area contributed by atoms with Gasteiger partial charge in [-0.15, -0.1) is 0 Å². The lowest BCUT2D eigenvalue weighted by Crippen LogP contribution is -2.39. The number of benzene rings is 2. The molecule has 0 aliphatic carbocycles. The lowest BCUT2D eigenvalue weighted by atomic mass is 10.2. The SMILES string of the molecule is COC(=O)CCCC(=O)CSC[C@H]1C(O)N(Cc2ccccc2)C(=O)N1Cc1ccccc1. The van der Waals surface area contributed by atoms with Crippen LogP contribution < -0.4 is 0 Å². The summed E-state index contributed by atoms with van der Waals surface area (Å²) in [6.45, 7) is 0.708. The van der Waals surface area contributed by atoms with Crippen molar-refractivity contribution < 1.29 is 24.2 Å². The molecule has 2 aromatic rings. The van der Waals surface area contributed by atoms with Crippen LogP contribution >= 0.6 is 11.8 Å². The van der Waals surface area contributed by atoms with Crippen LogP contribution in [0.3, 0.4) is 0 Å². The van der Waals surface area contributed by atoms with Crippen molar-refractivity contribution in [1.29, 1.82) is 0 Å². The molecule has 1 saturated heterocycles. The highest BCUT2D eigenvalue weighted by Crippen LogP contribution is 2.28. The van der Waals surface area contributed by atoms with E-state index in [2.05, 4.69) is 4.74 Å². The number of ketones is 1. The van der Waals surface area contributed by atoms with Gasteiger partial charge in [0.15, 0.2) is 6.23 Å². The zero-order chi connectivity index (χ0) is 23.6. The van der Waals surface area contributed by atoms with Gasteiger partial charge in [0.1, 0.15) is 5.78 Å². The number of carbonyl (C=O) groups excluding carboxylic acids is 3. The Labute approximate surface area is 198 Å². The van der Waals surface area contributed by atoms with Gasteiger partial charge < -0.3 is 14.7 Å². The molecule has 0 saturated carbocycles. The molecule has 3 rings (SSSR count). The molecule has 1 aliphatic rings. The van der Waals surface area contributed by atoms with Crippen LogP contribution in [0, 0.1) is 0 Å². The predicted octanol–water partition coefficient (Wildman–Crippen LogP) is 3.46. The number of ether oxygens (including phenoxy) is 1. The third-order valence-corrected chi connectivity index (χ3v) is 6.67. The predicted molar refractivity (Wildman–Crippen MR) is 127 cm³/mol. The largest absolute Gasteiger partial charge is 0.469 e. The maximum absolute atomic E-state index is 13.2. The summed E-state index contributed by atoms with van der Waals surface area (Å²) < 4.78 is 4.59. The van der Waals surface area contributed by atoms with Crippen molar-refractivity contribution in [3.8, 4) is 0 Å². The molecule has 33 heavy (non-hydrogen) atoms. The first-order valence-electron chi connectivity index (χ1n) is 11.0. The number of aliphatic hydroxyl groups is 1. The Morgan fingerprint density at radius 1 is 0.939 bits per heavy atom. The van der Waals surface area contributed by atoms with Crippen LogP contribution in [-0.2, 0) is 27.4 Å². The second-order valence-corrected chi connectivity index (χ2v) is 9.00. The van der Waals surface area contributed by atoms with Gasteiger partial charge in [-0.05, 0) is 17.5 Å². The Kier molecular flexibility index (Phi) is 9.33. The van der Waals surface area contributed by atoms with E-state index >= 15 is 0 Å². The molecular weight excluding hydrogens is 440 g/mol. The van der Waals surface area contributed by atoms with Gasteiger partial charge in [-0.1, -0.05) is 60.7 Å². The number of nitrogens with zero attached hydrogens (tertiary/aromatic N) is 2. The van der Waals surface area contributed by atoms with Crippen molar-refractivity contribution in [1.82, 2.24) is 9.80 Å². The Hall–Kier alpha value is -2.84.